The summed E-state index contributed by atoms with van der Waals surface area (Å²) in [6.45, 7) is 0. The van der Waals surface area contributed by atoms with Crippen molar-refractivity contribution in [1.82, 2.24) is 14.2 Å². The van der Waals surface area contributed by atoms with Crippen molar-refractivity contribution in [3.8, 4) is 0 Å². The Morgan fingerprint density at radius 2 is 2.24 bits per heavy atom. The van der Waals surface area contributed by atoms with E-state index >= 15 is 0 Å². The Kier molecular flexibility index (Phi) is 2.37. The second-order valence-corrected chi connectivity index (χ2v) is 4.28. The normalized spacial score (nSPS) is 15.2. The Bertz CT molecular complexity index is 693. The molecule has 0 aliphatic heterocycles. The zero-order valence-corrected chi connectivity index (χ0v) is 9.76. The molecular weight excluding hydrogens is 238 g/mol. The topological polar surface area (TPSA) is 39.3 Å². The van der Waals surface area contributed by atoms with Crippen LogP contribution in [0.4, 0.5) is 0 Å². The predicted octanol–water partition coefficient (Wildman–Crippen LogP) is 2.34. The minimum atomic E-state index is -0.146. The first-order chi connectivity index (χ1) is 8.27. The Balaban J connectivity index is 2.28. The Labute approximate surface area is 102 Å². The van der Waals surface area contributed by atoms with Gasteiger partial charge in [0.05, 0.1) is 5.02 Å². The van der Waals surface area contributed by atoms with E-state index in [9.17, 15) is 4.79 Å². The van der Waals surface area contributed by atoms with Crippen molar-refractivity contribution in [2.45, 2.75) is 12.8 Å². The summed E-state index contributed by atoms with van der Waals surface area (Å²) in [4.78, 5) is 12.3. The van der Waals surface area contributed by atoms with Crippen molar-refractivity contribution >= 4 is 22.8 Å². The van der Waals surface area contributed by atoms with Crippen LogP contribution in [0.2, 0.25) is 5.02 Å². The summed E-state index contributed by atoms with van der Waals surface area (Å²) in [6, 6.07) is 1.67. The van der Waals surface area contributed by atoms with E-state index in [0.717, 1.165) is 18.5 Å². The lowest BCUT2D eigenvalue weighted by atomic mass is 10.1. The van der Waals surface area contributed by atoms with Crippen molar-refractivity contribution in [2.24, 2.45) is 0 Å². The van der Waals surface area contributed by atoms with Gasteiger partial charge in [-0.1, -0.05) is 23.8 Å². The molecule has 0 atom stereocenters. The van der Waals surface area contributed by atoms with Crippen molar-refractivity contribution in [3.05, 3.63) is 52.2 Å². The lowest BCUT2D eigenvalue weighted by Crippen LogP contribution is -2.22. The number of aromatic nitrogens is 3. The molecule has 0 aromatic carbocycles. The fourth-order valence-electron chi connectivity index (χ4n) is 1.93. The maximum atomic E-state index is 12.3. The molecule has 2 aromatic heterocycles. The van der Waals surface area contributed by atoms with Gasteiger partial charge in [-0.15, -0.1) is 0 Å². The first kappa shape index (κ1) is 10.4. The highest BCUT2D eigenvalue weighted by molar-refractivity contribution is 6.33. The number of hydrogen-bond acceptors (Lipinski definition) is 2. The van der Waals surface area contributed by atoms with Gasteiger partial charge in [-0.2, -0.15) is 5.10 Å². The number of allylic oxidation sites excluding steroid dienone is 4. The van der Waals surface area contributed by atoms with E-state index in [4.69, 9.17) is 11.6 Å². The molecule has 1 aliphatic rings. The maximum absolute atomic E-state index is 12.3. The van der Waals surface area contributed by atoms with Gasteiger partial charge in [-0.05, 0) is 25.0 Å². The third-order valence-corrected chi connectivity index (χ3v) is 3.09. The van der Waals surface area contributed by atoms with Gasteiger partial charge in [0, 0.05) is 11.9 Å². The Hall–Kier alpha value is -1.81. The van der Waals surface area contributed by atoms with Gasteiger partial charge in [0.2, 0.25) is 0 Å². The molecule has 0 saturated carbocycles. The van der Waals surface area contributed by atoms with Crippen LogP contribution in [-0.2, 0) is 0 Å². The summed E-state index contributed by atoms with van der Waals surface area (Å²) in [5.41, 5.74) is 1.12. The van der Waals surface area contributed by atoms with Crippen LogP contribution in [0.25, 0.3) is 11.2 Å². The molecule has 0 fully saturated rings. The van der Waals surface area contributed by atoms with E-state index < -0.39 is 0 Å². The average molecular weight is 248 g/mol. The largest absolute Gasteiger partial charge is 0.283 e. The smallest absolute Gasteiger partial charge is 0.266 e. The standard InChI is InChI=1S/C12H10ClN3O/c13-10-6-7-16-11(10)12(17)15(8-14-16)9-4-2-1-3-5-9/h2,4-8H,1,3H2. The van der Waals surface area contributed by atoms with Crippen molar-refractivity contribution in [3.63, 3.8) is 0 Å². The third kappa shape index (κ3) is 1.61. The van der Waals surface area contributed by atoms with Crippen LogP contribution in [0.1, 0.15) is 12.8 Å². The highest BCUT2D eigenvalue weighted by Crippen LogP contribution is 2.16. The first-order valence-electron chi connectivity index (χ1n) is 5.39. The number of halogens is 1. The summed E-state index contributed by atoms with van der Waals surface area (Å²) < 4.78 is 3.02. The van der Waals surface area contributed by atoms with Gasteiger partial charge in [-0.25, -0.2) is 4.52 Å². The van der Waals surface area contributed by atoms with Crippen LogP contribution in [-0.4, -0.2) is 14.2 Å². The Morgan fingerprint density at radius 1 is 1.35 bits per heavy atom. The summed E-state index contributed by atoms with van der Waals surface area (Å²) in [5.74, 6) is 0. The maximum Gasteiger partial charge on any atom is 0.283 e. The molecule has 0 saturated heterocycles. The second-order valence-electron chi connectivity index (χ2n) is 3.87. The number of fused-ring (bicyclic) bond motifs is 1. The third-order valence-electron chi connectivity index (χ3n) is 2.78. The molecule has 0 N–H and O–H groups in total. The lowest BCUT2D eigenvalue weighted by molar-refractivity contribution is 0.833. The highest BCUT2D eigenvalue weighted by atomic mass is 35.5. The molecule has 2 heterocycles. The lowest BCUT2D eigenvalue weighted by Gasteiger charge is -2.09. The van der Waals surface area contributed by atoms with Gasteiger partial charge < -0.3 is 0 Å². The first-order valence-corrected chi connectivity index (χ1v) is 5.77. The molecule has 2 aromatic rings. The summed E-state index contributed by atoms with van der Waals surface area (Å²) >= 11 is 5.98. The SMILES string of the molecule is O=c1c2c(Cl)ccn2ncn1C1=CCCC=C1. The second kappa shape index (κ2) is 3.89. The van der Waals surface area contributed by atoms with Crippen LogP contribution in [0.15, 0.2) is 41.6 Å². The fourth-order valence-corrected chi connectivity index (χ4v) is 2.16. The summed E-state index contributed by atoms with van der Waals surface area (Å²) in [7, 11) is 0. The van der Waals surface area contributed by atoms with E-state index in [-0.39, 0.29) is 5.56 Å². The number of hydrogen-bond donors (Lipinski definition) is 0. The molecule has 5 heteroatoms. The van der Waals surface area contributed by atoms with E-state index in [1.165, 1.54) is 15.4 Å². The summed E-state index contributed by atoms with van der Waals surface area (Å²) in [6.07, 6.45) is 11.2. The van der Waals surface area contributed by atoms with E-state index in [0.29, 0.717) is 10.5 Å². The molecule has 86 valence electrons. The molecule has 0 spiro atoms. The molecule has 0 bridgehead atoms. The van der Waals surface area contributed by atoms with Crippen LogP contribution < -0.4 is 5.56 Å². The van der Waals surface area contributed by atoms with Crippen LogP contribution >= 0.6 is 11.6 Å². The molecule has 17 heavy (non-hydrogen) atoms. The van der Waals surface area contributed by atoms with Gasteiger partial charge >= 0.3 is 0 Å². The monoisotopic (exact) mass is 247 g/mol. The van der Waals surface area contributed by atoms with E-state index in [2.05, 4.69) is 5.10 Å². The minimum absolute atomic E-state index is 0.146. The molecule has 0 radical (unpaired) electrons. The van der Waals surface area contributed by atoms with Gasteiger partial charge in [0.25, 0.3) is 5.56 Å². The number of rotatable bonds is 1. The van der Waals surface area contributed by atoms with Crippen molar-refractivity contribution in [2.75, 3.05) is 0 Å². The average Bonchev–Trinajstić information content (AvgIpc) is 2.73. The highest BCUT2D eigenvalue weighted by Gasteiger charge is 2.10. The Morgan fingerprint density at radius 3 is 3.00 bits per heavy atom. The van der Waals surface area contributed by atoms with Crippen LogP contribution in [0, 0.1) is 0 Å². The van der Waals surface area contributed by atoms with Gasteiger partial charge in [-0.3, -0.25) is 9.36 Å². The van der Waals surface area contributed by atoms with Crippen LogP contribution in [0.5, 0.6) is 0 Å². The molecule has 3 rings (SSSR count). The van der Waals surface area contributed by atoms with Gasteiger partial charge in [0.15, 0.2) is 0 Å². The zero-order valence-electron chi connectivity index (χ0n) is 9.01. The van der Waals surface area contributed by atoms with Crippen LogP contribution in [0.3, 0.4) is 0 Å². The molecule has 0 unspecified atom stereocenters. The molecule has 0 amide bonds. The fraction of sp³-hybridized carbons (Fsp3) is 0.167. The minimum Gasteiger partial charge on any atom is -0.266 e. The van der Waals surface area contributed by atoms with Crippen molar-refractivity contribution < 1.29 is 0 Å². The predicted molar refractivity (Wildman–Crippen MR) is 67.1 cm³/mol. The van der Waals surface area contributed by atoms with Crippen molar-refractivity contribution in [1.29, 1.82) is 0 Å². The van der Waals surface area contributed by atoms with Gasteiger partial charge in [0.1, 0.15) is 11.8 Å². The van der Waals surface area contributed by atoms with E-state index in [1.54, 1.807) is 12.3 Å². The quantitative estimate of drug-likeness (QED) is 0.776. The molecule has 4 nitrogen and oxygen atoms in total. The molecule has 1 aliphatic carbocycles. The summed E-state index contributed by atoms with van der Waals surface area (Å²) in [5, 5.41) is 4.59. The number of nitrogens with zero attached hydrogens (tertiary/aromatic N) is 3. The molecular formula is C12H10ClN3O. The zero-order chi connectivity index (χ0) is 11.8. The van der Waals surface area contributed by atoms with E-state index in [1.807, 2.05) is 18.2 Å².